The smallest absolute Gasteiger partial charge is 0.223 e. The summed E-state index contributed by atoms with van der Waals surface area (Å²) in [6.45, 7) is 8.23. The van der Waals surface area contributed by atoms with Crippen LogP contribution in [0.5, 0.6) is 0 Å². The highest BCUT2D eigenvalue weighted by atomic mass is 16.2. The van der Waals surface area contributed by atoms with E-state index >= 15 is 0 Å². The van der Waals surface area contributed by atoms with Crippen molar-refractivity contribution < 1.29 is 9.59 Å². The standard InChI is InChI=1S/C16H29N3O2/c1-3-19(4-2)14(20)6-5-9-18-15(21)13-12-16(13)7-10-17-11-8-16/h13,17H,3-12H2,1-2H3,(H,18,21). The second-order valence-corrected chi connectivity index (χ2v) is 6.33. The number of carbonyl (C=O) groups is 2. The molecule has 1 aliphatic carbocycles. The summed E-state index contributed by atoms with van der Waals surface area (Å²) in [5, 5.41) is 6.37. The first-order valence-corrected chi connectivity index (χ1v) is 8.39. The van der Waals surface area contributed by atoms with Crippen molar-refractivity contribution in [3.63, 3.8) is 0 Å². The first-order valence-electron chi connectivity index (χ1n) is 8.39. The van der Waals surface area contributed by atoms with Crippen molar-refractivity contribution in [1.29, 1.82) is 0 Å². The van der Waals surface area contributed by atoms with Gasteiger partial charge in [0, 0.05) is 32.0 Å². The molecule has 1 atom stereocenters. The first-order chi connectivity index (χ1) is 10.1. The zero-order valence-corrected chi connectivity index (χ0v) is 13.4. The Bertz CT molecular complexity index is 374. The number of hydrogen-bond acceptors (Lipinski definition) is 3. The number of carbonyl (C=O) groups excluding carboxylic acids is 2. The third kappa shape index (κ3) is 3.96. The van der Waals surface area contributed by atoms with Crippen molar-refractivity contribution in [2.45, 2.75) is 46.0 Å². The molecule has 0 aromatic rings. The Morgan fingerprint density at radius 3 is 2.52 bits per heavy atom. The second-order valence-electron chi connectivity index (χ2n) is 6.33. The van der Waals surface area contributed by atoms with Crippen molar-refractivity contribution in [2.75, 3.05) is 32.7 Å². The molecule has 1 saturated carbocycles. The second kappa shape index (κ2) is 7.25. The summed E-state index contributed by atoms with van der Waals surface area (Å²) >= 11 is 0. The Hall–Kier alpha value is -1.10. The fraction of sp³-hybridized carbons (Fsp3) is 0.875. The normalized spacial score (nSPS) is 22.9. The quantitative estimate of drug-likeness (QED) is 0.692. The van der Waals surface area contributed by atoms with E-state index in [4.69, 9.17) is 0 Å². The van der Waals surface area contributed by atoms with Gasteiger partial charge in [-0.2, -0.15) is 0 Å². The molecule has 0 radical (unpaired) electrons. The summed E-state index contributed by atoms with van der Waals surface area (Å²) in [5.41, 5.74) is 0.298. The van der Waals surface area contributed by atoms with Gasteiger partial charge in [0.1, 0.15) is 0 Å². The Kier molecular flexibility index (Phi) is 5.62. The molecule has 1 saturated heterocycles. The molecule has 5 nitrogen and oxygen atoms in total. The number of nitrogens with zero attached hydrogens (tertiary/aromatic N) is 1. The summed E-state index contributed by atoms with van der Waals surface area (Å²) in [5.74, 6) is 0.612. The molecular formula is C16H29N3O2. The Labute approximate surface area is 127 Å². The molecule has 1 spiro atoms. The predicted molar refractivity (Wildman–Crippen MR) is 82.8 cm³/mol. The van der Waals surface area contributed by atoms with Crippen LogP contribution in [0.25, 0.3) is 0 Å². The minimum atomic E-state index is 0.190. The fourth-order valence-electron chi connectivity index (χ4n) is 3.50. The van der Waals surface area contributed by atoms with E-state index < -0.39 is 0 Å². The van der Waals surface area contributed by atoms with Gasteiger partial charge < -0.3 is 15.5 Å². The summed E-state index contributed by atoms with van der Waals surface area (Å²) in [4.78, 5) is 25.8. The molecule has 1 unspecified atom stereocenters. The molecule has 1 heterocycles. The van der Waals surface area contributed by atoms with Gasteiger partial charge in [-0.3, -0.25) is 9.59 Å². The minimum Gasteiger partial charge on any atom is -0.356 e. The van der Waals surface area contributed by atoms with Crippen molar-refractivity contribution >= 4 is 11.8 Å². The zero-order chi connectivity index (χ0) is 15.3. The highest BCUT2D eigenvalue weighted by molar-refractivity contribution is 5.82. The van der Waals surface area contributed by atoms with E-state index in [1.54, 1.807) is 0 Å². The zero-order valence-electron chi connectivity index (χ0n) is 13.4. The minimum absolute atomic E-state index is 0.190. The fourth-order valence-corrected chi connectivity index (χ4v) is 3.50. The monoisotopic (exact) mass is 295 g/mol. The summed E-state index contributed by atoms with van der Waals surface area (Å²) in [7, 11) is 0. The number of hydrogen-bond donors (Lipinski definition) is 2. The lowest BCUT2D eigenvalue weighted by atomic mass is 9.92. The lowest BCUT2D eigenvalue weighted by molar-refractivity contribution is -0.131. The highest BCUT2D eigenvalue weighted by Gasteiger charge is 2.57. The average molecular weight is 295 g/mol. The molecule has 2 fully saturated rings. The molecule has 2 rings (SSSR count). The van der Waals surface area contributed by atoms with E-state index in [2.05, 4.69) is 10.6 Å². The molecule has 0 bridgehead atoms. The van der Waals surface area contributed by atoms with Crippen molar-refractivity contribution in [3.05, 3.63) is 0 Å². The molecular weight excluding hydrogens is 266 g/mol. The van der Waals surface area contributed by atoms with Gasteiger partial charge in [0.05, 0.1) is 0 Å². The molecule has 0 aromatic carbocycles. The van der Waals surface area contributed by atoms with E-state index in [9.17, 15) is 9.59 Å². The third-order valence-electron chi connectivity index (χ3n) is 5.09. The van der Waals surface area contributed by atoms with Crippen LogP contribution in [0.3, 0.4) is 0 Å². The van der Waals surface area contributed by atoms with Crippen molar-refractivity contribution in [3.8, 4) is 0 Å². The van der Waals surface area contributed by atoms with Gasteiger partial charge in [-0.1, -0.05) is 0 Å². The SMILES string of the molecule is CCN(CC)C(=O)CCCNC(=O)C1CC12CCNCC2. The highest BCUT2D eigenvalue weighted by Crippen LogP contribution is 2.58. The van der Waals surface area contributed by atoms with Crippen LogP contribution in [-0.2, 0) is 9.59 Å². The largest absolute Gasteiger partial charge is 0.356 e. The third-order valence-corrected chi connectivity index (χ3v) is 5.09. The van der Waals surface area contributed by atoms with E-state index in [1.165, 1.54) is 0 Å². The maximum Gasteiger partial charge on any atom is 0.223 e. The van der Waals surface area contributed by atoms with Crippen LogP contribution < -0.4 is 10.6 Å². The summed E-state index contributed by atoms with van der Waals surface area (Å²) in [6.07, 6.45) is 4.58. The lowest BCUT2D eigenvalue weighted by Crippen LogP contribution is -2.34. The number of rotatable bonds is 7. The molecule has 0 aromatic heterocycles. The van der Waals surface area contributed by atoms with Crippen LogP contribution in [0.2, 0.25) is 0 Å². The molecule has 5 heteroatoms. The Morgan fingerprint density at radius 1 is 1.24 bits per heavy atom. The first kappa shape index (κ1) is 16.3. The van der Waals surface area contributed by atoms with Crippen LogP contribution in [0.1, 0.15) is 46.0 Å². The van der Waals surface area contributed by atoms with Crippen LogP contribution in [0.4, 0.5) is 0 Å². The Balaban J connectivity index is 1.61. The molecule has 1 aliphatic heterocycles. The van der Waals surface area contributed by atoms with E-state index in [-0.39, 0.29) is 17.7 Å². The van der Waals surface area contributed by atoms with Gasteiger partial charge in [-0.15, -0.1) is 0 Å². The maximum atomic E-state index is 12.1. The van der Waals surface area contributed by atoms with E-state index in [1.807, 2.05) is 18.7 Å². The van der Waals surface area contributed by atoms with E-state index in [0.29, 0.717) is 18.4 Å². The van der Waals surface area contributed by atoms with Gasteiger partial charge in [0.15, 0.2) is 0 Å². The van der Waals surface area contributed by atoms with Gasteiger partial charge >= 0.3 is 0 Å². The molecule has 21 heavy (non-hydrogen) atoms. The van der Waals surface area contributed by atoms with Crippen LogP contribution >= 0.6 is 0 Å². The average Bonchev–Trinajstić information content (AvgIpc) is 3.19. The van der Waals surface area contributed by atoms with Crippen LogP contribution in [0, 0.1) is 11.3 Å². The molecule has 2 aliphatic rings. The van der Waals surface area contributed by atoms with Crippen molar-refractivity contribution in [1.82, 2.24) is 15.5 Å². The van der Waals surface area contributed by atoms with Gasteiger partial charge in [-0.25, -0.2) is 0 Å². The van der Waals surface area contributed by atoms with E-state index in [0.717, 1.165) is 51.9 Å². The number of amides is 2. The molecule has 2 N–H and O–H groups in total. The van der Waals surface area contributed by atoms with Crippen LogP contribution in [-0.4, -0.2) is 49.4 Å². The number of piperidine rings is 1. The van der Waals surface area contributed by atoms with Crippen molar-refractivity contribution in [2.24, 2.45) is 11.3 Å². The lowest BCUT2D eigenvalue weighted by Gasteiger charge is -2.23. The predicted octanol–water partition coefficient (Wildman–Crippen LogP) is 1.14. The molecule has 2 amide bonds. The molecule has 120 valence electrons. The topological polar surface area (TPSA) is 61.4 Å². The van der Waals surface area contributed by atoms with Crippen LogP contribution in [0.15, 0.2) is 0 Å². The van der Waals surface area contributed by atoms with Gasteiger partial charge in [0.25, 0.3) is 0 Å². The summed E-state index contributed by atoms with van der Waals surface area (Å²) < 4.78 is 0. The summed E-state index contributed by atoms with van der Waals surface area (Å²) in [6, 6.07) is 0. The van der Waals surface area contributed by atoms with Gasteiger partial charge in [-0.05, 0) is 58.0 Å². The Morgan fingerprint density at radius 2 is 1.90 bits per heavy atom. The number of nitrogens with one attached hydrogen (secondary N) is 2. The maximum absolute atomic E-state index is 12.1. The van der Waals surface area contributed by atoms with Gasteiger partial charge in [0.2, 0.25) is 11.8 Å².